The minimum Gasteiger partial charge on any atom is -0.383 e. The molecule has 1 heterocycles. The smallest absolute Gasteiger partial charge is 0.253 e. The van der Waals surface area contributed by atoms with Crippen LogP contribution in [0.3, 0.4) is 0 Å². The van der Waals surface area contributed by atoms with Gasteiger partial charge in [0, 0.05) is 39.4 Å². The first kappa shape index (κ1) is 19.8. The summed E-state index contributed by atoms with van der Waals surface area (Å²) in [6.45, 7) is 1.69. The molecule has 0 spiro atoms. The van der Waals surface area contributed by atoms with Crippen molar-refractivity contribution in [3.05, 3.63) is 29.8 Å². The van der Waals surface area contributed by atoms with Crippen LogP contribution in [0.25, 0.3) is 0 Å². The fourth-order valence-corrected chi connectivity index (χ4v) is 3.78. The molecule has 1 aliphatic rings. The number of benzene rings is 1. The molecule has 0 aromatic heterocycles. The fraction of sp³-hybridized carbons (Fsp3) is 0.588. The minimum atomic E-state index is -3.67. The van der Waals surface area contributed by atoms with Gasteiger partial charge in [-0.15, -0.1) is 0 Å². The summed E-state index contributed by atoms with van der Waals surface area (Å²) in [6, 6.07) is 6.06. The largest absolute Gasteiger partial charge is 0.383 e. The van der Waals surface area contributed by atoms with Crippen LogP contribution >= 0.6 is 0 Å². The van der Waals surface area contributed by atoms with Gasteiger partial charge in [-0.2, -0.15) is 0 Å². The third kappa shape index (κ3) is 5.78. The number of nitrogens with one attached hydrogen (secondary N) is 1. The van der Waals surface area contributed by atoms with E-state index in [2.05, 4.69) is 4.72 Å². The Bertz CT molecular complexity index is 671. The number of amides is 1. The molecule has 0 saturated carbocycles. The SMILES string of the molecule is COCCNS(=O)(=O)c1cccc(C(=O)N(C)CC2CCCCO2)c1. The van der Waals surface area contributed by atoms with E-state index in [9.17, 15) is 13.2 Å². The van der Waals surface area contributed by atoms with E-state index in [1.165, 1.54) is 19.2 Å². The summed E-state index contributed by atoms with van der Waals surface area (Å²) in [6.07, 6.45) is 3.15. The number of hydrogen-bond donors (Lipinski definition) is 1. The Balaban J connectivity index is 2.04. The highest BCUT2D eigenvalue weighted by molar-refractivity contribution is 7.89. The second-order valence-corrected chi connectivity index (χ2v) is 7.86. The first-order valence-corrected chi connectivity index (χ1v) is 9.88. The van der Waals surface area contributed by atoms with Gasteiger partial charge in [-0.05, 0) is 37.5 Å². The average Bonchev–Trinajstić information content (AvgIpc) is 2.62. The Labute approximate surface area is 149 Å². The van der Waals surface area contributed by atoms with Gasteiger partial charge in [-0.25, -0.2) is 13.1 Å². The third-order valence-corrected chi connectivity index (χ3v) is 5.55. The molecule has 0 bridgehead atoms. The zero-order chi connectivity index (χ0) is 18.3. The monoisotopic (exact) mass is 370 g/mol. The minimum absolute atomic E-state index is 0.0466. The Hall–Kier alpha value is -1.48. The van der Waals surface area contributed by atoms with Gasteiger partial charge in [0.1, 0.15) is 0 Å². The molecule has 1 amide bonds. The molecule has 8 heteroatoms. The van der Waals surface area contributed by atoms with Crippen LogP contribution < -0.4 is 4.72 Å². The van der Waals surface area contributed by atoms with E-state index in [4.69, 9.17) is 9.47 Å². The number of methoxy groups -OCH3 is 1. The quantitative estimate of drug-likeness (QED) is 0.696. The number of rotatable bonds is 8. The molecule has 1 atom stereocenters. The number of hydrogen-bond acceptors (Lipinski definition) is 5. The molecular formula is C17H26N2O5S. The lowest BCUT2D eigenvalue weighted by atomic mass is 10.1. The van der Waals surface area contributed by atoms with Gasteiger partial charge in [-0.1, -0.05) is 6.07 Å². The lowest BCUT2D eigenvalue weighted by Crippen LogP contribution is -2.37. The standard InChI is InChI=1S/C17H26N2O5S/c1-19(13-15-7-3-4-10-24-15)17(20)14-6-5-8-16(12-14)25(21,22)18-9-11-23-2/h5-6,8,12,15,18H,3-4,7,9-11,13H2,1-2H3. The van der Waals surface area contributed by atoms with Crippen LogP contribution in [0, 0.1) is 0 Å². The summed E-state index contributed by atoms with van der Waals surface area (Å²) in [5.74, 6) is -0.219. The van der Waals surface area contributed by atoms with Gasteiger partial charge in [-0.3, -0.25) is 4.79 Å². The number of carbonyl (C=O) groups is 1. The number of sulfonamides is 1. The van der Waals surface area contributed by atoms with Gasteiger partial charge in [0.2, 0.25) is 10.0 Å². The van der Waals surface area contributed by atoms with Crippen LogP contribution in [0.5, 0.6) is 0 Å². The van der Waals surface area contributed by atoms with Crippen LogP contribution in [-0.4, -0.2) is 65.8 Å². The lowest BCUT2D eigenvalue weighted by Gasteiger charge is -2.27. The predicted molar refractivity (Wildman–Crippen MR) is 94.1 cm³/mol. The fourth-order valence-electron chi connectivity index (χ4n) is 2.72. The van der Waals surface area contributed by atoms with E-state index < -0.39 is 10.0 Å². The highest BCUT2D eigenvalue weighted by atomic mass is 32.2. The van der Waals surface area contributed by atoms with Crippen molar-refractivity contribution in [2.75, 3.05) is 40.5 Å². The number of carbonyl (C=O) groups excluding carboxylic acids is 1. The predicted octanol–water partition coefficient (Wildman–Crippen LogP) is 1.25. The summed E-state index contributed by atoms with van der Waals surface area (Å²) in [5.41, 5.74) is 0.341. The van der Waals surface area contributed by atoms with Crippen molar-refractivity contribution < 1.29 is 22.7 Å². The highest BCUT2D eigenvalue weighted by Gasteiger charge is 2.21. The number of ether oxygens (including phenoxy) is 2. The van der Waals surface area contributed by atoms with Crippen molar-refractivity contribution in [3.8, 4) is 0 Å². The van der Waals surface area contributed by atoms with Crippen molar-refractivity contribution in [3.63, 3.8) is 0 Å². The lowest BCUT2D eigenvalue weighted by molar-refractivity contribution is -0.000192. The summed E-state index contributed by atoms with van der Waals surface area (Å²) in [5, 5.41) is 0. The highest BCUT2D eigenvalue weighted by Crippen LogP contribution is 2.16. The zero-order valence-corrected chi connectivity index (χ0v) is 15.5. The average molecular weight is 370 g/mol. The Kier molecular flexibility index (Phi) is 7.37. The van der Waals surface area contributed by atoms with Gasteiger partial charge in [0.05, 0.1) is 17.6 Å². The van der Waals surface area contributed by atoms with Crippen molar-refractivity contribution in [2.24, 2.45) is 0 Å². The van der Waals surface area contributed by atoms with Crippen LogP contribution in [0.15, 0.2) is 29.2 Å². The van der Waals surface area contributed by atoms with Crippen LogP contribution in [-0.2, 0) is 19.5 Å². The molecule has 2 rings (SSSR count). The first-order chi connectivity index (χ1) is 11.9. The molecule has 140 valence electrons. The molecule has 0 radical (unpaired) electrons. The van der Waals surface area contributed by atoms with Gasteiger partial charge < -0.3 is 14.4 Å². The number of likely N-dealkylation sites (N-methyl/N-ethyl adjacent to an activating group) is 1. The first-order valence-electron chi connectivity index (χ1n) is 8.40. The van der Waals surface area contributed by atoms with Crippen LogP contribution in [0.2, 0.25) is 0 Å². The van der Waals surface area contributed by atoms with Crippen molar-refractivity contribution in [2.45, 2.75) is 30.3 Å². The molecular weight excluding hydrogens is 344 g/mol. The molecule has 1 saturated heterocycles. The van der Waals surface area contributed by atoms with E-state index in [1.54, 1.807) is 24.1 Å². The van der Waals surface area contributed by atoms with Crippen LogP contribution in [0.1, 0.15) is 29.6 Å². The van der Waals surface area contributed by atoms with E-state index in [1.807, 2.05) is 0 Å². The van der Waals surface area contributed by atoms with Crippen molar-refractivity contribution >= 4 is 15.9 Å². The molecule has 1 N–H and O–H groups in total. The summed E-state index contributed by atoms with van der Waals surface area (Å²) >= 11 is 0. The Morgan fingerprint density at radius 1 is 1.40 bits per heavy atom. The molecule has 1 fully saturated rings. The summed E-state index contributed by atoms with van der Waals surface area (Å²) < 4.78 is 37.4. The molecule has 1 aromatic rings. The molecule has 1 aliphatic heterocycles. The number of nitrogens with zero attached hydrogens (tertiary/aromatic N) is 1. The second-order valence-electron chi connectivity index (χ2n) is 6.09. The molecule has 1 unspecified atom stereocenters. The molecule has 0 aliphatic carbocycles. The van der Waals surface area contributed by atoms with Crippen molar-refractivity contribution in [1.29, 1.82) is 0 Å². The molecule has 1 aromatic carbocycles. The summed E-state index contributed by atoms with van der Waals surface area (Å²) in [7, 11) is -0.461. The van der Waals surface area contributed by atoms with E-state index in [-0.39, 0.29) is 30.1 Å². The van der Waals surface area contributed by atoms with Crippen molar-refractivity contribution in [1.82, 2.24) is 9.62 Å². The maximum atomic E-state index is 12.6. The van der Waals surface area contributed by atoms with Gasteiger partial charge in [0.15, 0.2) is 0 Å². The third-order valence-electron chi connectivity index (χ3n) is 4.09. The summed E-state index contributed by atoms with van der Waals surface area (Å²) in [4.78, 5) is 14.2. The van der Waals surface area contributed by atoms with Gasteiger partial charge in [0.25, 0.3) is 5.91 Å². The Morgan fingerprint density at radius 3 is 2.88 bits per heavy atom. The van der Waals surface area contributed by atoms with Crippen LogP contribution in [0.4, 0.5) is 0 Å². The van der Waals surface area contributed by atoms with Gasteiger partial charge >= 0.3 is 0 Å². The topological polar surface area (TPSA) is 84.9 Å². The normalized spacial score (nSPS) is 18.1. The molecule has 7 nitrogen and oxygen atoms in total. The Morgan fingerprint density at radius 2 is 2.20 bits per heavy atom. The van der Waals surface area contributed by atoms with E-state index in [0.29, 0.717) is 12.1 Å². The second kappa shape index (κ2) is 9.28. The zero-order valence-electron chi connectivity index (χ0n) is 14.7. The maximum absolute atomic E-state index is 12.6. The molecule has 25 heavy (non-hydrogen) atoms. The van der Waals surface area contributed by atoms with E-state index in [0.717, 1.165) is 25.9 Å². The van der Waals surface area contributed by atoms with E-state index >= 15 is 0 Å². The maximum Gasteiger partial charge on any atom is 0.253 e.